The van der Waals surface area contributed by atoms with Crippen LogP contribution in [0.5, 0.6) is 0 Å². The van der Waals surface area contributed by atoms with E-state index in [1.807, 2.05) is 24.3 Å². The fourth-order valence-corrected chi connectivity index (χ4v) is 1.94. The zero-order valence-electron chi connectivity index (χ0n) is 9.84. The summed E-state index contributed by atoms with van der Waals surface area (Å²) in [4.78, 5) is 19.1. The topological polar surface area (TPSA) is 90.7 Å². The van der Waals surface area contributed by atoms with Gasteiger partial charge in [-0.2, -0.15) is 5.26 Å². The molecule has 1 aliphatic rings. The first-order chi connectivity index (χ1) is 9.24. The monoisotopic (exact) mass is 251 g/mol. The van der Waals surface area contributed by atoms with Crippen LogP contribution < -0.4 is 10.6 Å². The van der Waals surface area contributed by atoms with Crippen molar-refractivity contribution in [2.24, 2.45) is 0 Å². The van der Waals surface area contributed by atoms with Crippen molar-refractivity contribution < 1.29 is 4.79 Å². The third-order valence-electron chi connectivity index (χ3n) is 2.78. The van der Waals surface area contributed by atoms with Crippen LogP contribution in [0.15, 0.2) is 30.6 Å². The van der Waals surface area contributed by atoms with Crippen molar-refractivity contribution in [3.63, 3.8) is 0 Å². The van der Waals surface area contributed by atoms with Crippen molar-refractivity contribution >= 4 is 23.1 Å². The zero-order chi connectivity index (χ0) is 13.2. The van der Waals surface area contributed by atoms with E-state index >= 15 is 0 Å². The molecule has 2 aromatic rings. The van der Waals surface area contributed by atoms with Crippen LogP contribution in [0.25, 0.3) is 0 Å². The molecule has 3 rings (SSSR count). The number of nitrogens with one attached hydrogen (secondary N) is 2. The number of aromatic nitrogens is 2. The first-order valence-electron chi connectivity index (χ1n) is 5.66. The van der Waals surface area contributed by atoms with Crippen LogP contribution in [-0.4, -0.2) is 15.9 Å². The van der Waals surface area contributed by atoms with E-state index in [4.69, 9.17) is 5.26 Å². The van der Waals surface area contributed by atoms with Gasteiger partial charge < -0.3 is 10.6 Å². The maximum atomic E-state index is 11.3. The summed E-state index contributed by atoms with van der Waals surface area (Å²) in [6, 6.07) is 9.10. The lowest BCUT2D eigenvalue weighted by Crippen LogP contribution is -2.03. The number of amides is 1. The van der Waals surface area contributed by atoms with Gasteiger partial charge in [0.25, 0.3) is 0 Å². The molecule has 2 heterocycles. The van der Waals surface area contributed by atoms with Gasteiger partial charge in [0.1, 0.15) is 23.9 Å². The van der Waals surface area contributed by atoms with Gasteiger partial charge in [0, 0.05) is 17.4 Å². The Labute approximate surface area is 109 Å². The average molecular weight is 251 g/mol. The van der Waals surface area contributed by atoms with E-state index in [9.17, 15) is 4.79 Å². The minimum atomic E-state index is 0.000882. The van der Waals surface area contributed by atoms with Crippen LogP contribution in [-0.2, 0) is 11.2 Å². The van der Waals surface area contributed by atoms with Crippen LogP contribution in [0, 0.1) is 11.3 Å². The summed E-state index contributed by atoms with van der Waals surface area (Å²) in [6.45, 7) is 0. The summed E-state index contributed by atoms with van der Waals surface area (Å²) in [7, 11) is 0. The van der Waals surface area contributed by atoms with E-state index in [1.165, 1.54) is 6.33 Å². The third-order valence-corrected chi connectivity index (χ3v) is 2.78. The Morgan fingerprint density at radius 2 is 2.21 bits per heavy atom. The number of nitrogens with zero attached hydrogens (tertiary/aromatic N) is 3. The van der Waals surface area contributed by atoms with E-state index in [0.29, 0.717) is 17.9 Å². The lowest BCUT2D eigenvalue weighted by molar-refractivity contribution is -0.115. The molecule has 0 fully saturated rings. The predicted octanol–water partition coefficient (Wildman–Crippen LogP) is 1.59. The number of benzene rings is 1. The molecule has 19 heavy (non-hydrogen) atoms. The first kappa shape index (κ1) is 11.2. The lowest BCUT2D eigenvalue weighted by Gasteiger charge is -2.07. The van der Waals surface area contributed by atoms with E-state index in [-0.39, 0.29) is 5.91 Å². The molecule has 1 aromatic carbocycles. The molecular formula is C13H9N5O. The predicted molar refractivity (Wildman–Crippen MR) is 68.8 cm³/mol. The fraction of sp³-hybridized carbons (Fsp3) is 0.0769. The van der Waals surface area contributed by atoms with Crippen molar-refractivity contribution in [1.29, 1.82) is 5.26 Å². The van der Waals surface area contributed by atoms with Crippen LogP contribution in [0.1, 0.15) is 11.3 Å². The van der Waals surface area contributed by atoms with Crippen LogP contribution >= 0.6 is 0 Å². The third kappa shape index (κ3) is 2.21. The Morgan fingerprint density at radius 3 is 3.05 bits per heavy atom. The Kier molecular flexibility index (Phi) is 2.58. The smallest absolute Gasteiger partial charge is 0.228 e. The summed E-state index contributed by atoms with van der Waals surface area (Å²) in [5, 5.41) is 14.6. The summed E-state index contributed by atoms with van der Waals surface area (Å²) < 4.78 is 0. The maximum Gasteiger partial charge on any atom is 0.228 e. The highest BCUT2D eigenvalue weighted by molar-refractivity contribution is 5.99. The van der Waals surface area contributed by atoms with Gasteiger partial charge in [-0.3, -0.25) is 4.79 Å². The molecule has 0 unspecified atom stereocenters. The SMILES string of the molecule is N#Cc1cc(Nc2ccc3c(c2)CC(=O)N3)ncn1. The minimum absolute atomic E-state index is 0.000882. The molecule has 0 atom stereocenters. The van der Waals surface area contributed by atoms with E-state index < -0.39 is 0 Å². The van der Waals surface area contributed by atoms with Crippen LogP contribution in [0.4, 0.5) is 17.2 Å². The molecule has 6 nitrogen and oxygen atoms in total. The highest BCUT2D eigenvalue weighted by Crippen LogP contribution is 2.27. The van der Waals surface area contributed by atoms with Gasteiger partial charge in [-0.1, -0.05) is 0 Å². The molecule has 1 aliphatic heterocycles. The number of carbonyl (C=O) groups is 1. The minimum Gasteiger partial charge on any atom is -0.340 e. The normalized spacial score (nSPS) is 12.5. The zero-order valence-corrected chi connectivity index (χ0v) is 9.84. The molecule has 0 bridgehead atoms. The van der Waals surface area contributed by atoms with Crippen molar-refractivity contribution in [3.8, 4) is 6.07 Å². The molecule has 0 aliphatic carbocycles. The lowest BCUT2D eigenvalue weighted by atomic mass is 10.1. The Balaban J connectivity index is 1.86. The molecule has 0 saturated heterocycles. The van der Waals surface area contributed by atoms with Crippen molar-refractivity contribution in [3.05, 3.63) is 41.9 Å². The number of hydrogen-bond acceptors (Lipinski definition) is 5. The molecule has 1 aromatic heterocycles. The number of anilines is 3. The molecule has 6 heteroatoms. The second-order valence-corrected chi connectivity index (χ2v) is 4.12. The maximum absolute atomic E-state index is 11.3. The van der Waals surface area contributed by atoms with Crippen molar-refractivity contribution in [1.82, 2.24) is 9.97 Å². The summed E-state index contributed by atoms with van der Waals surface area (Å²) in [6.07, 6.45) is 1.72. The highest BCUT2D eigenvalue weighted by atomic mass is 16.1. The van der Waals surface area contributed by atoms with Gasteiger partial charge in [0.05, 0.1) is 6.42 Å². The van der Waals surface area contributed by atoms with E-state index in [1.54, 1.807) is 6.07 Å². The highest BCUT2D eigenvalue weighted by Gasteiger charge is 2.17. The molecule has 0 spiro atoms. The number of carbonyl (C=O) groups excluding carboxylic acids is 1. The second-order valence-electron chi connectivity index (χ2n) is 4.12. The fourth-order valence-electron chi connectivity index (χ4n) is 1.94. The Hall–Kier alpha value is -2.94. The van der Waals surface area contributed by atoms with Gasteiger partial charge in [-0.05, 0) is 23.8 Å². The van der Waals surface area contributed by atoms with Gasteiger partial charge in [0.15, 0.2) is 0 Å². The average Bonchev–Trinajstić information content (AvgIpc) is 2.78. The Morgan fingerprint density at radius 1 is 1.32 bits per heavy atom. The number of fused-ring (bicyclic) bond motifs is 1. The molecular weight excluding hydrogens is 242 g/mol. The number of nitriles is 1. The summed E-state index contributed by atoms with van der Waals surface area (Å²) in [5.41, 5.74) is 2.91. The number of rotatable bonds is 2. The first-order valence-corrected chi connectivity index (χ1v) is 5.66. The molecule has 0 radical (unpaired) electrons. The summed E-state index contributed by atoms with van der Waals surface area (Å²) >= 11 is 0. The van der Waals surface area contributed by atoms with Crippen molar-refractivity contribution in [2.75, 3.05) is 10.6 Å². The van der Waals surface area contributed by atoms with Gasteiger partial charge in [0.2, 0.25) is 5.91 Å². The van der Waals surface area contributed by atoms with E-state index in [0.717, 1.165) is 16.9 Å². The standard InChI is InChI=1S/C13H9N5O/c14-6-10-5-12(16-7-15-10)17-9-1-2-11-8(3-9)4-13(19)18-11/h1-3,5,7H,4H2,(H,18,19)(H,15,16,17). The van der Waals surface area contributed by atoms with Gasteiger partial charge in [-0.15, -0.1) is 0 Å². The largest absolute Gasteiger partial charge is 0.340 e. The molecule has 92 valence electrons. The van der Waals surface area contributed by atoms with E-state index in [2.05, 4.69) is 20.6 Å². The number of hydrogen-bond donors (Lipinski definition) is 2. The quantitative estimate of drug-likeness (QED) is 0.845. The molecule has 2 N–H and O–H groups in total. The Bertz CT molecular complexity index is 704. The van der Waals surface area contributed by atoms with Crippen molar-refractivity contribution in [2.45, 2.75) is 6.42 Å². The summed E-state index contributed by atoms with van der Waals surface area (Å²) in [5.74, 6) is 0.546. The van der Waals surface area contributed by atoms with Gasteiger partial charge in [-0.25, -0.2) is 9.97 Å². The van der Waals surface area contributed by atoms with Crippen LogP contribution in [0.3, 0.4) is 0 Å². The van der Waals surface area contributed by atoms with Gasteiger partial charge >= 0.3 is 0 Å². The van der Waals surface area contributed by atoms with Crippen LogP contribution in [0.2, 0.25) is 0 Å². The second kappa shape index (κ2) is 4.38. The molecule has 1 amide bonds. The molecule has 0 saturated carbocycles.